The Kier molecular flexibility index (Phi) is 5.66. The average Bonchev–Trinajstić information content (AvgIpc) is 2.48. The summed E-state index contributed by atoms with van der Waals surface area (Å²) in [6.07, 6.45) is 6.05. The van der Waals surface area contributed by atoms with Gasteiger partial charge in [0.15, 0.2) is 0 Å². The number of aromatic hydroxyl groups is 2. The van der Waals surface area contributed by atoms with E-state index in [2.05, 4.69) is 0 Å². The van der Waals surface area contributed by atoms with Crippen LogP contribution in [0, 0.1) is 6.92 Å². The van der Waals surface area contributed by atoms with Crippen molar-refractivity contribution in [3.05, 3.63) is 22.8 Å². The molecule has 1 atom stereocenters. The monoisotopic (exact) mass is 308 g/mol. The molecule has 1 aromatic carbocycles. The number of aliphatic hydroxyl groups excluding tert-OH is 1. The summed E-state index contributed by atoms with van der Waals surface area (Å²) in [7, 11) is 0. The highest BCUT2D eigenvalue weighted by atomic mass is 16.5. The zero-order chi connectivity index (χ0) is 16.1. The fraction of sp³-hybridized carbons (Fsp3) is 0.588. The number of phenolic OH excluding ortho intramolecular Hbond substituents is 2. The molecule has 0 saturated carbocycles. The van der Waals surface area contributed by atoms with Crippen LogP contribution in [0.3, 0.4) is 0 Å². The molecule has 0 aliphatic carbocycles. The zero-order valence-corrected chi connectivity index (χ0v) is 13.0. The maximum Gasteiger partial charge on any atom is 0.342 e. The lowest BCUT2D eigenvalue weighted by Gasteiger charge is -2.26. The highest BCUT2D eigenvalue weighted by Crippen LogP contribution is 2.36. The Hall–Kier alpha value is -1.75. The minimum atomic E-state index is -0.507. The first kappa shape index (κ1) is 16.6. The highest BCUT2D eigenvalue weighted by Gasteiger charge is 2.31. The molecule has 0 aromatic heterocycles. The van der Waals surface area contributed by atoms with E-state index in [9.17, 15) is 15.0 Å². The van der Waals surface area contributed by atoms with Gasteiger partial charge in [0, 0.05) is 19.1 Å². The molecule has 1 aliphatic heterocycles. The van der Waals surface area contributed by atoms with Crippen molar-refractivity contribution < 1.29 is 24.9 Å². The van der Waals surface area contributed by atoms with Gasteiger partial charge in [0.2, 0.25) is 0 Å². The largest absolute Gasteiger partial charge is 0.508 e. The summed E-state index contributed by atoms with van der Waals surface area (Å²) in [5.41, 5.74) is 1.52. The molecule has 0 fully saturated rings. The van der Waals surface area contributed by atoms with Gasteiger partial charge in [0.1, 0.15) is 23.2 Å². The third-order valence-corrected chi connectivity index (χ3v) is 4.26. The lowest BCUT2D eigenvalue weighted by Crippen LogP contribution is -2.28. The quantitative estimate of drug-likeness (QED) is 0.532. The molecule has 0 radical (unpaired) electrons. The number of hydrogen-bond acceptors (Lipinski definition) is 5. The molecule has 22 heavy (non-hydrogen) atoms. The SMILES string of the molecule is Cc1c(O)cc(O)c2c1CC(CCCCCCCO)OC2=O. The lowest BCUT2D eigenvalue weighted by atomic mass is 9.91. The highest BCUT2D eigenvalue weighted by molar-refractivity contribution is 5.96. The predicted molar refractivity (Wildman–Crippen MR) is 82.2 cm³/mol. The van der Waals surface area contributed by atoms with E-state index in [4.69, 9.17) is 9.84 Å². The van der Waals surface area contributed by atoms with Crippen LogP contribution < -0.4 is 0 Å². The normalized spacial score (nSPS) is 17.2. The number of phenols is 2. The fourth-order valence-corrected chi connectivity index (χ4v) is 2.94. The summed E-state index contributed by atoms with van der Waals surface area (Å²) in [5.74, 6) is -0.716. The van der Waals surface area contributed by atoms with Crippen molar-refractivity contribution >= 4 is 5.97 Å². The molecule has 5 heteroatoms. The molecule has 0 amide bonds. The van der Waals surface area contributed by atoms with E-state index in [-0.39, 0.29) is 29.8 Å². The van der Waals surface area contributed by atoms with Gasteiger partial charge in [-0.3, -0.25) is 0 Å². The summed E-state index contributed by atoms with van der Waals surface area (Å²) in [4.78, 5) is 12.1. The number of benzene rings is 1. The van der Waals surface area contributed by atoms with Crippen molar-refractivity contribution in [1.82, 2.24) is 0 Å². The van der Waals surface area contributed by atoms with Crippen LogP contribution in [0.2, 0.25) is 0 Å². The van der Waals surface area contributed by atoms with Crippen molar-refractivity contribution in [3.8, 4) is 11.5 Å². The van der Waals surface area contributed by atoms with E-state index < -0.39 is 5.97 Å². The van der Waals surface area contributed by atoms with Crippen LogP contribution in [0.1, 0.15) is 60.0 Å². The molecule has 3 N–H and O–H groups in total. The van der Waals surface area contributed by atoms with Crippen LogP contribution in [-0.2, 0) is 11.2 Å². The number of esters is 1. The fourth-order valence-electron chi connectivity index (χ4n) is 2.94. The number of ether oxygens (including phenoxy) is 1. The Bertz CT molecular complexity index is 538. The van der Waals surface area contributed by atoms with Crippen LogP contribution in [-0.4, -0.2) is 34.0 Å². The lowest BCUT2D eigenvalue weighted by molar-refractivity contribution is 0.0226. The summed E-state index contributed by atoms with van der Waals surface area (Å²) >= 11 is 0. The average molecular weight is 308 g/mol. The van der Waals surface area contributed by atoms with Crippen LogP contribution in [0.15, 0.2) is 6.07 Å². The van der Waals surface area contributed by atoms with Gasteiger partial charge in [-0.25, -0.2) is 4.79 Å². The topological polar surface area (TPSA) is 87.0 Å². The molecule has 0 saturated heterocycles. The minimum Gasteiger partial charge on any atom is -0.508 e. The standard InChI is InChI=1S/C17H24O5/c1-11-13-9-12(7-5-3-2-4-6-8-18)22-17(21)16(13)15(20)10-14(11)19/h10,12,18-20H,2-9H2,1H3. The molecule has 122 valence electrons. The summed E-state index contributed by atoms with van der Waals surface area (Å²) in [6, 6.07) is 1.19. The third kappa shape index (κ3) is 3.71. The molecule has 2 rings (SSSR count). The van der Waals surface area contributed by atoms with Gasteiger partial charge in [0.25, 0.3) is 0 Å². The van der Waals surface area contributed by atoms with Crippen molar-refractivity contribution in [2.75, 3.05) is 6.61 Å². The van der Waals surface area contributed by atoms with Gasteiger partial charge in [0.05, 0.1) is 0 Å². The third-order valence-electron chi connectivity index (χ3n) is 4.26. The minimum absolute atomic E-state index is 0.00806. The number of unbranched alkanes of at least 4 members (excludes halogenated alkanes) is 4. The Labute approximate surface area is 130 Å². The second-order valence-electron chi connectivity index (χ2n) is 5.90. The van der Waals surface area contributed by atoms with Crippen molar-refractivity contribution in [1.29, 1.82) is 0 Å². The first-order valence-electron chi connectivity index (χ1n) is 7.90. The number of cyclic esters (lactones) is 1. The Morgan fingerprint density at radius 2 is 1.82 bits per heavy atom. The Morgan fingerprint density at radius 3 is 2.55 bits per heavy atom. The van der Waals surface area contributed by atoms with Crippen molar-refractivity contribution in [2.45, 2.75) is 58.0 Å². The van der Waals surface area contributed by atoms with Gasteiger partial charge in [-0.05, 0) is 37.3 Å². The van der Waals surface area contributed by atoms with E-state index in [0.717, 1.165) is 38.5 Å². The maximum atomic E-state index is 12.1. The van der Waals surface area contributed by atoms with Gasteiger partial charge < -0.3 is 20.1 Å². The van der Waals surface area contributed by atoms with E-state index >= 15 is 0 Å². The molecular weight excluding hydrogens is 284 g/mol. The molecule has 1 heterocycles. The number of fused-ring (bicyclic) bond motifs is 1. The van der Waals surface area contributed by atoms with Gasteiger partial charge in [-0.15, -0.1) is 0 Å². The Morgan fingerprint density at radius 1 is 1.14 bits per heavy atom. The number of carbonyl (C=O) groups excluding carboxylic acids is 1. The van der Waals surface area contributed by atoms with Crippen LogP contribution in [0.25, 0.3) is 0 Å². The number of carbonyl (C=O) groups is 1. The summed E-state index contributed by atoms with van der Waals surface area (Å²) < 4.78 is 5.40. The molecule has 5 nitrogen and oxygen atoms in total. The predicted octanol–water partition coefficient (Wildman–Crippen LogP) is 2.82. The summed E-state index contributed by atoms with van der Waals surface area (Å²) in [6.45, 7) is 1.99. The number of hydrogen-bond donors (Lipinski definition) is 3. The van der Waals surface area contributed by atoms with Crippen LogP contribution in [0.4, 0.5) is 0 Å². The van der Waals surface area contributed by atoms with E-state index in [1.165, 1.54) is 6.07 Å². The zero-order valence-electron chi connectivity index (χ0n) is 13.0. The molecule has 1 aromatic rings. The van der Waals surface area contributed by atoms with E-state index in [1.807, 2.05) is 0 Å². The van der Waals surface area contributed by atoms with E-state index in [1.54, 1.807) is 6.92 Å². The number of aliphatic hydroxyl groups is 1. The second-order valence-corrected chi connectivity index (χ2v) is 5.90. The molecule has 1 unspecified atom stereocenters. The number of rotatable bonds is 7. The second kappa shape index (κ2) is 7.49. The summed E-state index contributed by atoms with van der Waals surface area (Å²) in [5, 5.41) is 28.3. The van der Waals surface area contributed by atoms with Crippen LogP contribution >= 0.6 is 0 Å². The molecule has 0 bridgehead atoms. The maximum absolute atomic E-state index is 12.1. The smallest absolute Gasteiger partial charge is 0.342 e. The first-order chi connectivity index (χ1) is 10.5. The van der Waals surface area contributed by atoms with Crippen molar-refractivity contribution in [3.63, 3.8) is 0 Å². The van der Waals surface area contributed by atoms with Crippen LogP contribution in [0.5, 0.6) is 11.5 Å². The van der Waals surface area contributed by atoms with Gasteiger partial charge >= 0.3 is 5.97 Å². The Balaban J connectivity index is 1.95. The molecule has 0 spiro atoms. The van der Waals surface area contributed by atoms with Gasteiger partial charge in [-0.1, -0.05) is 19.3 Å². The first-order valence-corrected chi connectivity index (χ1v) is 7.90. The van der Waals surface area contributed by atoms with E-state index in [0.29, 0.717) is 17.5 Å². The molecule has 1 aliphatic rings. The molecular formula is C17H24O5. The van der Waals surface area contributed by atoms with Gasteiger partial charge in [-0.2, -0.15) is 0 Å². The van der Waals surface area contributed by atoms with Crippen molar-refractivity contribution in [2.24, 2.45) is 0 Å².